The molecule has 2 heterocycles. The van der Waals surface area contributed by atoms with E-state index in [1.807, 2.05) is 11.0 Å². The molecule has 1 fully saturated rings. The van der Waals surface area contributed by atoms with Gasteiger partial charge < -0.3 is 19.9 Å². The maximum atomic E-state index is 11.7. The van der Waals surface area contributed by atoms with Gasteiger partial charge in [-0.3, -0.25) is 10.2 Å². The number of anilines is 2. The second-order valence-electron chi connectivity index (χ2n) is 4.54. The molecule has 3 rings (SSSR count). The Balaban J connectivity index is 2.14. The molecule has 0 saturated carbocycles. The Morgan fingerprint density at radius 3 is 2.85 bits per heavy atom. The molecular formula is C12H12Br2N4O2. The summed E-state index contributed by atoms with van der Waals surface area (Å²) in [7, 11) is 1.72. The molecule has 0 bridgehead atoms. The van der Waals surface area contributed by atoms with Gasteiger partial charge in [-0.25, -0.2) is 0 Å². The normalized spacial score (nSPS) is 17.9. The minimum atomic E-state index is -0.0837. The quantitative estimate of drug-likeness (QED) is 0.751. The van der Waals surface area contributed by atoms with Crippen LogP contribution >= 0.6 is 31.9 Å². The first-order chi connectivity index (χ1) is 9.50. The summed E-state index contributed by atoms with van der Waals surface area (Å²) >= 11 is 7.07. The van der Waals surface area contributed by atoms with Crippen LogP contribution in [0.25, 0.3) is 0 Å². The van der Waals surface area contributed by atoms with E-state index >= 15 is 0 Å². The maximum Gasteiger partial charge on any atom is 0.264 e. The van der Waals surface area contributed by atoms with E-state index in [9.17, 15) is 4.79 Å². The third-order valence-corrected chi connectivity index (χ3v) is 4.71. The number of benzene rings is 1. The second kappa shape index (κ2) is 4.92. The summed E-state index contributed by atoms with van der Waals surface area (Å²) in [4.78, 5) is 15.1. The molecule has 0 unspecified atom stereocenters. The van der Waals surface area contributed by atoms with E-state index in [1.165, 1.54) is 0 Å². The van der Waals surface area contributed by atoms with E-state index in [0.29, 0.717) is 23.9 Å². The van der Waals surface area contributed by atoms with Crippen molar-refractivity contribution in [3.63, 3.8) is 0 Å². The van der Waals surface area contributed by atoms with Gasteiger partial charge in [-0.05, 0) is 37.9 Å². The summed E-state index contributed by atoms with van der Waals surface area (Å²) in [5.41, 5.74) is 1.55. The van der Waals surface area contributed by atoms with Gasteiger partial charge in [0.05, 0.1) is 15.8 Å². The van der Waals surface area contributed by atoms with Gasteiger partial charge in [0.2, 0.25) is 0 Å². The van der Waals surface area contributed by atoms with E-state index in [1.54, 1.807) is 11.9 Å². The van der Waals surface area contributed by atoms with Crippen LogP contribution < -0.4 is 19.9 Å². The van der Waals surface area contributed by atoms with Gasteiger partial charge in [-0.2, -0.15) is 0 Å². The van der Waals surface area contributed by atoms with Gasteiger partial charge in [-0.1, -0.05) is 0 Å². The first kappa shape index (κ1) is 13.7. The molecule has 1 amide bonds. The molecule has 20 heavy (non-hydrogen) atoms. The molecule has 2 N–H and O–H groups in total. The van der Waals surface area contributed by atoms with Gasteiger partial charge in [0.25, 0.3) is 5.91 Å². The number of nitrogens with one attached hydrogen (secondary N) is 2. The van der Waals surface area contributed by atoms with Gasteiger partial charge in [0.1, 0.15) is 0 Å². The number of carbonyl (C=O) groups excluding carboxylic acids is 1. The molecule has 0 radical (unpaired) electrons. The number of fused-ring (bicyclic) bond motifs is 1. The summed E-state index contributed by atoms with van der Waals surface area (Å²) in [5, 5.41) is 10.9. The number of ether oxygens (including phenoxy) is 1. The molecule has 0 spiro atoms. The lowest BCUT2D eigenvalue weighted by molar-refractivity contribution is -0.121. The van der Waals surface area contributed by atoms with Crippen LogP contribution in [0.5, 0.6) is 5.75 Å². The van der Waals surface area contributed by atoms with Crippen molar-refractivity contribution in [2.24, 2.45) is 0 Å². The van der Waals surface area contributed by atoms with E-state index in [2.05, 4.69) is 37.2 Å². The summed E-state index contributed by atoms with van der Waals surface area (Å²) in [6.07, 6.45) is 0. The van der Waals surface area contributed by atoms with Crippen LogP contribution in [0.4, 0.5) is 11.4 Å². The van der Waals surface area contributed by atoms with Crippen molar-refractivity contribution >= 4 is 55.1 Å². The van der Waals surface area contributed by atoms with Crippen molar-refractivity contribution in [1.82, 2.24) is 5.32 Å². The highest BCUT2D eigenvalue weighted by Gasteiger charge is 2.31. The number of carbonyl (C=O) groups is 1. The Morgan fingerprint density at radius 1 is 1.45 bits per heavy atom. The minimum Gasteiger partial charge on any atom is -0.480 e. The third kappa shape index (κ3) is 1.98. The fourth-order valence-corrected chi connectivity index (χ4v) is 3.94. The average Bonchev–Trinajstić information content (AvgIpc) is 2.81. The summed E-state index contributed by atoms with van der Waals surface area (Å²) < 4.78 is 7.10. The number of hydrogen-bond acceptors (Lipinski definition) is 3. The highest BCUT2D eigenvalue weighted by atomic mass is 79.9. The lowest BCUT2D eigenvalue weighted by atomic mass is 10.2. The molecule has 0 aromatic heterocycles. The third-order valence-electron chi connectivity index (χ3n) is 3.37. The standard InChI is InChI=1S/C12H12Br2N4O2/c1-17-7-4-6(13)10(18-3-2-16-12(18)15)9(14)11(7)20-5-8(17)19/h4H,2-3,5H2,1H3,(H2,15,16). The monoisotopic (exact) mass is 402 g/mol. The van der Waals surface area contributed by atoms with Crippen LogP contribution in [0.3, 0.4) is 0 Å². The number of guanidine groups is 1. The molecule has 0 aliphatic carbocycles. The van der Waals surface area contributed by atoms with E-state index in [0.717, 1.165) is 21.2 Å². The highest BCUT2D eigenvalue weighted by Crippen LogP contribution is 2.48. The van der Waals surface area contributed by atoms with Crippen LogP contribution in [-0.2, 0) is 4.79 Å². The second-order valence-corrected chi connectivity index (χ2v) is 6.19. The van der Waals surface area contributed by atoms with Crippen molar-refractivity contribution in [3.05, 3.63) is 15.0 Å². The number of halogens is 2. The van der Waals surface area contributed by atoms with E-state index < -0.39 is 0 Å². The van der Waals surface area contributed by atoms with Crippen LogP contribution in [0.15, 0.2) is 15.0 Å². The Morgan fingerprint density at radius 2 is 2.20 bits per heavy atom. The smallest absolute Gasteiger partial charge is 0.264 e. The molecule has 106 valence electrons. The Labute approximate surface area is 132 Å². The Bertz CT molecular complexity index is 620. The minimum absolute atomic E-state index is 0.0267. The Kier molecular flexibility index (Phi) is 3.37. The van der Waals surface area contributed by atoms with Gasteiger partial charge in [0, 0.05) is 24.6 Å². The predicted molar refractivity (Wildman–Crippen MR) is 83.8 cm³/mol. The summed E-state index contributed by atoms with van der Waals surface area (Å²) in [5.74, 6) is 0.899. The molecule has 8 heteroatoms. The van der Waals surface area contributed by atoms with Crippen molar-refractivity contribution in [3.8, 4) is 5.75 Å². The number of nitrogens with zero attached hydrogens (tertiary/aromatic N) is 2. The summed E-state index contributed by atoms with van der Waals surface area (Å²) in [6.45, 7) is 1.47. The van der Waals surface area contributed by atoms with Gasteiger partial charge >= 0.3 is 0 Å². The van der Waals surface area contributed by atoms with Crippen LogP contribution in [0.2, 0.25) is 0 Å². The van der Waals surface area contributed by atoms with Crippen molar-refractivity contribution in [1.29, 1.82) is 5.41 Å². The first-order valence-electron chi connectivity index (χ1n) is 6.02. The molecule has 6 nitrogen and oxygen atoms in total. The largest absolute Gasteiger partial charge is 0.480 e. The van der Waals surface area contributed by atoms with Crippen LogP contribution in [0.1, 0.15) is 0 Å². The fraction of sp³-hybridized carbons (Fsp3) is 0.333. The van der Waals surface area contributed by atoms with E-state index in [4.69, 9.17) is 10.1 Å². The van der Waals surface area contributed by atoms with Crippen molar-refractivity contribution < 1.29 is 9.53 Å². The topological polar surface area (TPSA) is 68.7 Å². The summed E-state index contributed by atoms with van der Waals surface area (Å²) in [6, 6.07) is 1.85. The van der Waals surface area contributed by atoms with Crippen LogP contribution in [0, 0.1) is 5.41 Å². The molecule has 0 atom stereocenters. The Hall–Kier alpha value is -1.28. The molecule has 2 aliphatic rings. The zero-order chi connectivity index (χ0) is 14.4. The average molecular weight is 404 g/mol. The van der Waals surface area contributed by atoms with Crippen molar-refractivity contribution in [2.45, 2.75) is 0 Å². The first-order valence-corrected chi connectivity index (χ1v) is 7.60. The molecule has 1 aromatic rings. The van der Waals surface area contributed by atoms with Gasteiger partial charge in [-0.15, -0.1) is 0 Å². The zero-order valence-electron chi connectivity index (χ0n) is 10.7. The highest BCUT2D eigenvalue weighted by molar-refractivity contribution is 9.11. The molecular weight excluding hydrogens is 392 g/mol. The maximum absolute atomic E-state index is 11.7. The lowest BCUT2D eigenvalue weighted by Crippen LogP contribution is -2.36. The molecule has 2 aliphatic heterocycles. The SMILES string of the molecule is CN1C(=O)COc2c1cc(Br)c(N1CCNC1=N)c2Br. The fourth-order valence-electron chi connectivity index (χ4n) is 2.29. The van der Waals surface area contributed by atoms with Crippen LogP contribution in [-0.4, -0.2) is 38.6 Å². The molecule has 1 saturated heterocycles. The number of rotatable bonds is 1. The van der Waals surface area contributed by atoms with Crippen molar-refractivity contribution in [2.75, 3.05) is 36.5 Å². The predicted octanol–water partition coefficient (Wildman–Crippen LogP) is 1.91. The van der Waals surface area contributed by atoms with Gasteiger partial charge in [0.15, 0.2) is 18.3 Å². The zero-order valence-corrected chi connectivity index (χ0v) is 13.8. The lowest BCUT2D eigenvalue weighted by Gasteiger charge is -2.30. The molecule has 1 aromatic carbocycles. The number of amides is 1. The number of likely N-dealkylation sites (N-methyl/N-ethyl adjacent to an activating group) is 1. The van der Waals surface area contributed by atoms with E-state index in [-0.39, 0.29) is 12.5 Å². The number of hydrogen-bond donors (Lipinski definition) is 2.